The third-order valence-corrected chi connectivity index (χ3v) is 4.49. The maximum Gasteiger partial charge on any atom is 0.270 e. The molecule has 1 aromatic carbocycles. The van der Waals surface area contributed by atoms with Crippen LogP contribution >= 0.6 is 0 Å². The second-order valence-electron chi connectivity index (χ2n) is 6.32. The molecule has 2 heterocycles. The van der Waals surface area contributed by atoms with Crippen molar-refractivity contribution >= 4 is 5.91 Å². The highest BCUT2D eigenvalue weighted by atomic mass is 16.5. The maximum atomic E-state index is 12.1. The molecule has 1 atom stereocenters. The Bertz CT molecular complexity index is 690. The average molecular weight is 339 g/mol. The summed E-state index contributed by atoms with van der Waals surface area (Å²) < 4.78 is 5.86. The quantitative estimate of drug-likeness (QED) is 0.842. The molecule has 1 saturated heterocycles. The van der Waals surface area contributed by atoms with E-state index in [1.165, 1.54) is 5.56 Å². The molecule has 1 amide bonds. The maximum absolute atomic E-state index is 12.1. The van der Waals surface area contributed by atoms with Gasteiger partial charge in [0, 0.05) is 31.9 Å². The lowest BCUT2D eigenvalue weighted by Gasteiger charge is -2.17. The summed E-state index contributed by atoms with van der Waals surface area (Å²) in [7, 11) is 0. The third kappa shape index (κ3) is 5.03. The minimum atomic E-state index is -0.0971. The number of nitrogens with one attached hydrogen (secondary N) is 1. The topological polar surface area (TPSA) is 54.5 Å². The molecular weight excluding hydrogens is 314 g/mol. The number of likely N-dealkylation sites (tertiary alicyclic amines) is 1. The Hall–Kier alpha value is -2.40. The fraction of sp³-hybridized carbons (Fsp3) is 0.400. The second-order valence-corrected chi connectivity index (χ2v) is 6.32. The number of rotatable bonds is 7. The molecule has 5 heteroatoms. The number of amides is 1. The van der Waals surface area contributed by atoms with Crippen LogP contribution < -0.4 is 10.1 Å². The Morgan fingerprint density at radius 3 is 3.04 bits per heavy atom. The molecule has 5 nitrogen and oxygen atoms in total. The van der Waals surface area contributed by atoms with E-state index in [2.05, 4.69) is 34.3 Å². The van der Waals surface area contributed by atoms with Crippen LogP contribution in [-0.2, 0) is 6.42 Å². The molecule has 1 aromatic heterocycles. The molecule has 0 spiro atoms. The summed E-state index contributed by atoms with van der Waals surface area (Å²) in [6.07, 6.45) is 3.62. The van der Waals surface area contributed by atoms with Crippen LogP contribution in [0.1, 0.15) is 29.4 Å². The van der Waals surface area contributed by atoms with Crippen molar-refractivity contribution in [1.29, 1.82) is 0 Å². The van der Waals surface area contributed by atoms with E-state index in [1.807, 2.05) is 24.3 Å². The van der Waals surface area contributed by atoms with E-state index in [4.69, 9.17) is 4.74 Å². The largest absolute Gasteiger partial charge is 0.492 e. The van der Waals surface area contributed by atoms with E-state index < -0.39 is 0 Å². The molecule has 132 valence electrons. The highest BCUT2D eigenvalue weighted by Crippen LogP contribution is 2.14. The predicted octanol–water partition coefficient (Wildman–Crippen LogP) is 2.53. The van der Waals surface area contributed by atoms with Crippen LogP contribution in [0.2, 0.25) is 0 Å². The average Bonchev–Trinajstić information content (AvgIpc) is 3.10. The van der Waals surface area contributed by atoms with E-state index in [9.17, 15) is 4.79 Å². The SMILES string of the molecule is CCc1cccc(OCCN2CCC(NC(=O)c3ccccn3)C2)c1. The molecule has 1 aliphatic heterocycles. The van der Waals surface area contributed by atoms with Gasteiger partial charge in [0.1, 0.15) is 18.1 Å². The smallest absolute Gasteiger partial charge is 0.270 e. The lowest BCUT2D eigenvalue weighted by Crippen LogP contribution is -2.38. The number of carbonyl (C=O) groups is 1. The number of aromatic nitrogens is 1. The number of ether oxygens (including phenoxy) is 1. The standard InChI is InChI=1S/C20H25N3O2/c1-2-16-6-5-7-18(14-16)25-13-12-23-11-9-17(15-23)22-20(24)19-8-3-4-10-21-19/h3-8,10,14,17H,2,9,11-13,15H2,1H3,(H,22,24). The summed E-state index contributed by atoms with van der Waals surface area (Å²) in [5, 5.41) is 3.06. The predicted molar refractivity (Wildman–Crippen MR) is 97.9 cm³/mol. The van der Waals surface area contributed by atoms with Crippen molar-refractivity contribution < 1.29 is 9.53 Å². The summed E-state index contributed by atoms with van der Waals surface area (Å²) >= 11 is 0. The van der Waals surface area contributed by atoms with Crippen LogP contribution in [0.4, 0.5) is 0 Å². The van der Waals surface area contributed by atoms with Gasteiger partial charge in [-0.3, -0.25) is 14.7 Å². The molecule has 0 bridgehead atoms. The molecule has 1 unspecified atom stereocenters. The van der Waals surface area contributed by atoms with Crippen molar-refractivity contribution in [3.63, 3.8) is 0 Å². The Morgan fingerprint density at radius 2 is 2.24 bits per heavy atom. The third-order valence-electron chi connectivity index (χ3n) is 4.49. The summed E-state index contributed by atoms with van der Waals surface area (Å²) in [5.41, 5.74) is 1.76. The fourth-order valence-corrected chi connectivity index (χ4v) is 3.06. The van der Waals surface area contributed by atoms with Gasteiger partial charge in [-0.1, -0.05) is 25.1 Å². The van der Waals surface area contributed by atoms with Crippen molar-refractivity contribution in [2.75, 3.05) is 26.2 Å². The first-order valence-corrected chi connectivity index (χ1v) is 8.90. The zero-order valence-electron chi connectivity index (χ0n) is 14.6. The summed E-state index contributed by atoms with van der Waals surface area (Å²) in [6, 6.07) is 13.8. The molecule has 3 rings (SSSR count). The van der Waals surface area contributed by atoms with E-state index >= 15 is 0 Å². The van der Waals surface area contributed by atoms with Crippen molar-refractivity contribution in [1.82, 2.24) is 15.2 Å². The molecule has 0 saturated carbocycles. The van der Waals surface area contributed by atoms with E-state index in [0.29, 0.717) is 12.3 Å². The Morgan fingerprint density at radius 1 is 1.32 bits per heavy atom. The molecule has 1 fully saturated rings. The van der Waals surface area contributed by atoms with Gasteiger partial charge in [0.25, 0.3) is 5.91 Å². The van der Waals surface area contributed by atoms with Gasteiger partial charge in [-0.05, 0) is 42.7 Å². The molecule has 0 aliphatic carbocycles. The Labute approximate surface area is 149 Å². The lowest BCUT2D eigenvalue weighted by atomic mass is 10.2. The highest BCUT2D eigenvalue weighted by Gasteiger charge is 2.24. The number of aryl methyl sites for hydroxylation is 1. The zero-order valence-corrected chi connectivity index (χ0v) is 14.6. The normalized spacial score (nSPS) is 17.4. The van der Waals surface area contributed by atoms with Crippen LogP contribution in [0.5, 0.6) is 5.75 Å². The van der Waals surface area contributed by atoms with Crippen LogP contribution in [-0.4, -0.2) is 48.1 Å². The van der Waals surface area contributed by atoms with Gasteiger partial charge in [0.2, 0.25) is 0 Å². The molecular formula is C20H25N3O2. The number of nitrogens with zero attached hydrogens (tertiary/aromatic N) is 2. The van der Waals surface area contributed by atoms with Crippen molar-refractivity contribution in [3.05, 3.63) is 59.9 Å². The second kappa shape index (κ2) is 8.62. The number of pyridine rings is 1. The number of carbonyl (C=O) groups excluding carboxylic acids is 1. The van der Waals surface area contributed by atoms with E-state index in [1.54, 1.807) is 12.3 Å². The first-order valence-electron chi connectivity index (χ1n) is 8.90. The summed E-state index contributed by atoms with van der Waals surface area (Å²) in [6.45, 7) is 5.51. The first kappa shape index (κ1) is 17.4. The first-order chi connectivity index (χ1) is 12.2. The van der Waals surface area contributed by atoms with Gasteiger partial charge in [0.15, 0.2) is 0 Å². The van der Waals surface area contributed by atoms with E-state index in [-0.39, 0.29) is 11.9 Å². The minimum absolute atomic E-state index is 0.0971. The van der Waals surface area contributed by atoms with Gasteiger partial charge in [-0.25, -0.2) is 0 Å². The number of hydrogen-bond acceptors (Lipinski definition) is 4. The van der Waals surface area contributed by atoms with Crippen LogP contribution in [0.25, 0.3) is 0 Å². The van der Waals surface area contributed by atoms with Gasteiger partial charge < -0.3 is 10.1 Å². The Balaban J connectivity index is 1.40. The van der Waals surface area contributed by atoms with Gasteiger partial charge >= 0.3 is 0 Å². The van der Waals surface area contributed by atoms with Crippen molar-refractivity contribution in [2.45, 2.75) is 25.8 Å². The fourth-order valence-electron chi connectivity index (χ4n) is 3.06. The summed E-state index contributed by atoms with van der Waals surface area (Å²) in [5.74, 6) is 0.832. The number of hydrogen-bond donors (Lipinski definition) is 1. The van der Waals surface area contributed by atoms with Gasteiger partial charge in [-0.2, -0.15) is 0 Å². The monoisotopic (exact) mass is 339 g/mol. The van der Waals surface area contributed by atoms with Crippen molar-refractivity contribution in [2.24, 2.45) is 0 Å². The molecule has 0 radical (unpaired) electrons. The van der Waals surface area contributed by atoms with Gasteiger partial charge in [0.05, 0.1) is 0 Å². The van der Waals surface area contributed by atoms with Crippen molar-refractivity contribution in [3.8, 4) is 5.75 Å². The van der Waals surface area contributed by atoms with Crippen LogP contribution in [0, 0.1) is 0 Å². The zero-order chi connectivity index (χ0) is 17.5. The molecule has 25 heavy (non-hydrogen) atoms. The molecule has 2 aromatic rings. The minimum Gasteiger partial charge on any atom is -0.492 e. The lowest BCUT2D eigenvalue weighted by molar-refractivity contribution is 0.0932. The number of benzene rings is 1. The molecule has 1 N–H and O–H groups in total. The summed E-state index contributed by atoms with van der Waals surface area (Å²) in [4.78, 5) is 18.6. The highest BCUT2D eigenvalue weighted by molar-refractivity contribution is 5.92. The van der Waals surface area contributed by atoms with Crippen LogP contribution in [0.3, 0.4) is 0 Å². The van der Waals surface area contributed by atoms with E-state index in [0.717, 1.165) is 38.2 Å². The van der Waals surface area contributed by atoms with Gasteiger partial charge in [-0.15, -0.1) is 0 Å². The molecule has 1 aliphatic rings. The van der Waals surface area contributed by atoms with Crippen LogP contribution in [0.15, 0.2) is 48.7 Å². The Kier molecular flexibility index (Phi) is 6.01.